The van der Waals surface area contributed by atoms with Gasteiger partial charge in [0.2, 0.25) is 0 Å². The van der Waals surface area contributed by atoms with Crippen molar-refractivity contribution < 1.29 is 9.53 Å². The van der Waals surface area contributed by atoms with Crippen molar-refractivity contribution in [2.75, 3.05) is 0 Å². The molecule has 0 saturated heterocycles. The SMILES string of the molecule is C=C(C)c1cccc(C)c1.CC(C)(C)OC(N)=O. The number of hydrogen-bond acceptors (Lipinski definition) is 2. The van der Waals surface area contributed by atoms with E-state index in [-0.39, 0.29) is 0 Å². The monoisotopic (exact) mass is 249 g/mol. The first-order valence-electron chi connectivity index (χ1n) is 5.83. The van der Waals surface area contributed by atoms with Crippen LogP contribution in [0.4, 0.5) is 4.79 Å². The van der Waals surface area contributed by atoms with Gasteiger partial charge in [-0.15, -0.1) is 0 Å². The van der Waals surface area contributed by atoms with Gasteiger partial charge in [0.1, 0.15) is 5.60 Å². The molecule has 1 aromatic carbocycles. The zero-order chi connectivity index (χ0) is 14.3. The van der Waals surface area contributed by atoms with Gasteiger partial charge in [-0.25, -0.2) is 4.79 Å². The third kappa shape index (κ3) is 8.39. The summed E-state index contributed by atoms with van der Waals surface area (Å²) in [5, 5.41) is 0. The second-order valence-corrected chi connectivity index (χ2v) is 5.18. The van der Waals surface area contributed by atoms with Crippen molar-refractivity contribution in [2.24, 2.45) is 5.73 Å². The largest absolute Gasteiger partial charge is 0.444 e. The molecule has 3 heteroatoms. The topological polar surface area (TPSA) is 52.3 Å². The summed E-state index contributed by atoms with van der Waals surface area (Å²) in [7, 11) is 0. The van der Waals surface area contributed by atoms with E-state index in [1.54, 1.807) is 20.8 Å². The van der Waals surface area contributed by atoms with Crippen molar-refractivity contribution in [3.63, 3.8) is 0 Å². The van der Waals surface area contributed by atoms with Gasteiger partial charge in [-0.1, -0.05) is 42.0 Å². The van der Waals surface area contributed by atoms with Crippen molar-refractivity contribution in [1.29, 1.82) is 0 Å². The molecule has 2 N–H and O–H groups in total. The molecule has 0 heterocycles. The second-order valence-electron chi connectivity index (χ2n) is 5.18. The molecule has 0 radical (unpaired) electrons. The molecule has 1 amide bonds. The molecule has 1 aromatic rings. The second kappa shape index (κ2) is 6.84. The first-order valence-corrected chi connectivity index (χ1v) is 5.83. The van der Waals surface area contributed by atoms with Crippen LogP contribution in [0.5, 0.6) is 0 Å². The molecular formula is C15H23NO2. The molecule has 0 aliphatic carbocycles. The minimum atomic E-state index is -0.725. The van der Waals surface area contributed by atoms with E-state index in [1.165, 1.54) is 11.1 Å². The fourth-order valence-corrected chi connectivity index (χ4v) is 1.21. The molecule has 0 aliphatic rings. The first-order chi connectivity index (χ1) is 8.11. The van der Waals surface area contributed by atoms with Crippen LogP contribution >= 0.6 is 0 Å². The van der Waals surface area contributed by atoms with Crippen LogP contribution < -0.4 is 5.73 Å². The van der Waals surface area contributed by atoms with Crippen LogP contribution in [-0.2, 0) is 4.74 Å². The van der Waals surface area contributed by atoms with Crippen molar-refractivity contribution in [3.05, 3.63) is 42.0 Å². The van der Waals surface area contributed by atoms with Crippen LogP contribution in [0.25, 0.3) is 5.57 Å². The summed E-state index contributed by atoms with van der Waals surface area (Å²) >= 11 is 0. The van der Waals surface area contributed by atoms with Crippen molar-refractivity contribution in [1.82, 2.24) is 0 Å². The third-order valence-corrected chi connectivity index (χ3v) is 1.92. The van der Waals surface area contributed by atoms with Crippen LogP contribution in [0.15, 0.2) is 30.8 Å². The van der Waals surface area contributed by atoms with Crippen molar-refractivity contribution in [3.8, 4) is 0 Å². The molecule has 0 unspecified atom stereocenters. The number of rotatable bonds is 1. The smallest absolute Gasteiger partial charge is 0.405 e. The van der Waals surface area contributed by atoms with Gasteiger partial charge in [0, 0.05) is 0 Å². The molecular weight excluding hydrogens is 226 g/mol. The minimum absolute atomic E-state index is 0.453. The van der Waals surface area contributed by atoms with E-state index in [2.05, 4.69) is 42.5 Å². The van der Waals surface area contributed by atoms with Crippen LogP contribution in [0.1, 0.15) is 38.8 Å². The fourth-order valence-electron chi connectivity index (χ4n) is 1.21. The highest BCUT2D eigenvalue weighted by Crippen LogP contribution is 2.11. The zero-order valence-electron chi connectivity index (χ0n) is 11.9. The van der Waals surface area contributed by atoms with E-state index in [0.29, 0.717) is 0 Å². The molecule has 0 aromatic heterocycles. The lowest BCUT2D eigenvalue weighted by Gasteiger charge is -2.16. The van der Waals surface area contributed by atoms with E-state index in [9.17, 15) is 4.79 Å². The lowest BCUT2D eigenvalue weighted by molar-refractivity contribution is 0.0600. The number of carbonyl (C=O) groups excluding carboxylic acids is 1. The van der Waals surface area contributed by atoms with Crippen LogP contribution in [0.2, 0.25) is 0 Å². The number of aryl methyl sites for hydroxylation is 1. The first kappa shape index (κ1) is 16.2. The number of amides is 1. The van der Waals surface area contributed by atoms with E-state index < -0.39 is 11.7 Å². The Hall–Kier alpha value is -1.77. The average Bonchev–Trinajstić information content (AvgIpc) is 2.14. The number of allylic oxidation sites excluding steroid dienone is 1. The summed E-state index contributed by atoms with van der Waals surface area (Å²) in [6, 6.07) is 8.36. The highest BCUT2D eigenvalue weighted by atomic mass is 16.6. The molecule has 0 fully saturated rings. The Labute approximate surface area is 110 Å². The van der Waals surface area contributed by atoms with Crippen LogP contribution in [-0.4, -0.2) is 11.7 Å². The summed E-state index contributed by atoms with van der Waals surface area (Å²) in [4.78, 5) is 10.0. The maximum atomic E-state index is 10.0. The Bertz CT molecular complexity index is 417. The maximum absolute atomic E-state index is 10.0. The minimum Gasteiger partial charge on any atom is -0.444 e. The summed E-state index contributed by atoms with van der Waals surface area (Å²) < 4.78 is 4.58. The van der Waals surface area contributed by atoms with Gasteiger partial charge in [-0.2, -0.15) is 0 Å². The highest BCUT2D eigenvalue weighted by Gasteiger charge is 2.12. The predicted molar refractivity (Wildman–Crippen MR) is 76.3 cm³/mol. The number of ether oxygens (including phenoxy) is 1. The third-order valence-electron chi connectivity index (χ3n) is 1.92. The standard InChI is InChI=1S/C10H12.C5H11NO2/c1-8(2)10-6-4-5-9(3)7-10;1-5(2,3)8-4(6)7/h4-7H,1H2,2-3H3;1-3H3,(H2,6,7). The summed E-state index contributed by atoms with van der Waals surface area (Å²) in [5.74, 6) is 0. The van der Waals surface area contributed by atoms with E-state index >= 15 is 0 Å². The highest BCUT2D eigenvalue weighted by molar-refractivity contribution is 5.65. The molecule has 0 spiro atoms. The van der Waals surface area contributed by atoms with Gasteiger partial charge in [0.05, 0.1) is 0 Å². The number of benzene rings is 1. The van der Waals surface area contributed by atoms with Crippen LogP contribution in [0, 0.1) is 6.92 Å². The molecule has 0 atom stereocenters. The van der Waals surface area contributed by atoms with Crippen molar-refractivity contribution >= 4 is 11.7 Å². The predicted octanol–water partition coefficient (Wildman–Crippen LogP) is 3.91. The summed E-state index contributed by atoms with van der Waals surface area (Å²) in [5.41, 5.74) is 7.92. The lowest BCUT2D eigenvalue weighted by atomic mass is 10.1. The molecule has 3 nitrogen and oxygen atoms in total. The molecule has 0 aliphatic heterocycles. The molecule has 1 rings (SSSR count). The fraction of sp³-hybridized carbons (Fsp3) is 0.400. The van der Waals surface area contributed by atoms with Gasteiger partial charge < -0.3 is 10.5 Å². The van der Waals surface area contributed by atoms with Crippen LogP contribution in [0.3, 0.4) is 0 Å². The number of hydrogen-bond donors (Lipinski definition) is 1. The maximum Gasteiger partial charge on any atom is 0.405 e. The average molecular weight is 249 g/mol. The lowest BCUT2D eigenvalue weighted by Crippen LogP contribution is -2.27. The number of primary amides is 1. The van der Waals surface area contributed by atoms with E-state index in [4.69, 9.17) is 5.73 Å². The quantitative estimate of drug-likeness (QED) is 0.820. The normalized spacial score (nSPS) is 10.1. The van der Waals surface area contributed by atoms with Gasteiger partial charge in [0.15, 0.2) is 0 Å². The Kier molecular flexibility index (Phi) is 6.17. The molecule has 0 saturated carbocycles. The van der Waals surface area contributed by atoms with Crippen molar-refractivity contribution in [2.45, 2.75) is 40.2 Å². The zero-order valence-corrected chi connectivity index (χ0v) is 11.9. The van der Waals surface area contributed by atoms with E-state index in [1.807, 2.05) is 6.92 Å². The molecule has 0 bridgehead atoms. The van der Waals surface area contributed by atoms with Gasteiger partial charge >= 0.3 is 6.09 Å². The summed E-state index contributed by atoms with van der Waals surface area (Å²) in [6.45, 7) is 13.3. The van der Waals surface area contributed by atoms with E-state index in [0.717, 1.165) is 5.57 Å². The Morgan fingerprint density at radius 3 is 2.11 bits per heavy atom. The number of carbonyl (C=O) groups is 1. The Morgan fingerprint density at radius 1 is 1.33 bits per heavy atom. The van der Waals surface area contributed by atoms with Gasteiger partial charge in [-0.05, 0) is 40.2 Å². The molecule has 18 heavy (non-hydrogen) atoms. The van der Waals surface area contributed by atoms with Gasteiger partial charge in [0.25, 0.3) is 0 Å². The Morgan fingerprint density at radius 2 is 1.89 bits per heavy atom. The Balaban J connectivity index is 0.000000331. The molecule has 100 valence electrons. The number of nitrogens with two attached hydrogens (primary N) is 1. The van der Waals surface area contributed by atoms with Gasteiger partial charge in [-0.3, -0.25) is 0 Å². The summed E-state index contributed by atoms with van der Waals surface area (Å²) in [6.07, 6.45) is -0.725.